The van der Waals surface area contributed by atoms with Gasteiger partial charge in [0.15, 0.2) is 0 Å². The molecule has 0 spiro atoms. The van der Waals surface area contributed by atoms with Gasteiger partial charge in [-0.3, -0.25) is 4.79 Å². The number of rotatable bonds is 7. The summed E-state index contributed by atoms with van der Waals surface area (Å²) < 4.78 is 5.69. The van der Waals surface area contributed by atoms with Gasteiger partial charge in [-0.1, -0.05) is 17.7 Å². The van der Waals surface area contributed by atoms with Crippen molar-refractivity contribution in [1.82, 2.24) is 5.32 Å². The molecule has 0 bridgehead atoms. The van der Waals surface area contributed by atoms with Crippen molar-refractivity contribution < 1.29 is 9.53 Å². The molecule has 0 aliphatic heterocycles. The van der Waals surface area contributed by atoms with Gasteiger partial charge in [-0.2, -0.15) is 0 Å². The van der Waals surface area contributed by atoms with Gasteiger partial charge in [0.2, 0.25) is 5.91 Å². The van der Waals surface area contributed by atoms with Crippen LogP contribution in [0.25, 0.3) is 0 Å². The quantitative estimate of drug-likeness (QED) is 0.575. The van der Waals surface area contributed by atoms with E-state index in [0.29, 0.717) is 18.2 Å². The highest BCUT2D eigenvalue weighted by atomic mass is 35.5. The molecule has 0 aliphatic carbocycles. The summed E-state index contributed by atoms with van der Waals surface area (Å²) in [5, 5.41) is 3.42. The molecule has 0 saturated carbocycles. The average Bonchev–Trinajstić information content (AvgIpc) is 2.52. The van der Waals surface area contributed by atoms with Gasteiger partial charge in [0.1, 0.15) is 12.4 Å². The zero-order valence-corrected chi connectivity index (χ0v) is 15.7. The number of nitrogens with one attached hydrogen (secondary N) is 1. The molecule has 2 aromatic rings. The summed E-state index contributed by atoms with van der Waals surface area (Å²) in [5.41, 5.74) is 2.34. The van der Waals surface area contributed by atoms with Crippen molar-refractivity contribution in [2.45, 2.75) is 30.9 Å². The molecule has 1 amide bonds. The summed E-state index contributed by atoms with van der Waals surface area (Å²) in [7, 11) is 0. The number of benzene rings is 2. The van der Waals surface area contributed by atoms with E-state index >= 15 is 0 Å². The van der Waals surface area contributed by atoms with Crippen LogP contribution in [0.3, 0.4) is 0 Å². The van der Waals surface area contributed by atoms with Crippen molar-refractivity contribution in [2.75, 3.05) is 13.2 Å². The molecule has 2 aromatic carbocycles. The fourth-order valence-electron chi connectivity index (χ4n) is 2.27. The van der Waals surface area contributed by atoms with Gasteiger partial charge >= 0.3 is 0 Å². The van der Waals surface area contributed by atoms with E-state index in [2.05, 4.69) is 11.4 Å². The monoisotopic (exact) mass is 363 g/mol. The third kappa shape index (κ3) is 6.10. The molecule has 2 rings (SSSR count). The van der Waals surface area contributed by atoms with E-state index in [1.54, 1.807) is 0 Å². The number of carbonyl (C=O) groups is 1. The second kappa shape index (κ2) is 9.00. The Morgan fingerprint density at radius 1 is 1.17 bits per heavy atom. The molecule has 3 nitrogen and oxygen atoms in total. The molecule has 24 heavy (non-hydrogen) atoms. The lowest BCUT2D eigenvalue weighted by Crippen LogP contribution is -2.33. The molecule has 1 N–H and O–H groups in total. The van der Waals surface area contributed by atoms with Crippen LogP contribution in [-0.2, 0) is 4.79 Å². The summed E-state index contributed by atoms with van der Waals surface area (Å²) in [6.45, 7) is 6.90. The van der Waals surface area contributed by atoms with Crippen molar-refractivity contribution in [3.05, 3.63) is 58.6 Å². The molecule has 0 aromatic heterocycles. The zero-order chi connectivity index (χ0) is 17.5. The number of amides is 1. The summed E-state index contributed by atoms with van der Waals surface area (Å²) >= 11 is 7.37. The van der Waals surface area contributed by atoms with Crippen LogP contribution in [0.4, 0.5) is 0 Å². The molecule has 1 atom stereocenters. The number of carbonyl (C=O) groups excluding carboxylic acids is 1. The Bertz CT molecular complexity index is 668. The zero-order valence-electron chi connectivity index (χ0n) is 14.1. The largest absolute Gasteiger partial charge is 0.492 e. The van der Waals surface area contributed by atoms with Crippen LogP contribution >= 0.6 is 23.4 Å². The van der Waals surface area contributed by atoms with Crippen LogP contribution in [0, 0.1) is 13.8 Å². The lowest BCUT2D eigenvalue weighted by atomic mass is 10.1. The Hall–Kier alpha value is -1.65. The van der Waals surface area contributed by atoms with E-state index in [0.717, 1.165) is 10.6 Å². The standard InChI is InChI=1S/C19H22ClNO2S/c1-13-10-14(2)12-17(11-13)23-9-8-21-19(22)15(3)24-18-6-4-16(20)5-7-18/h4-7,10-12,15H,8-9H2,1-3H3,(H,21,22). The molecule has 0 radical (unpaired) electrons. The lowest BCUT2D eigenvalue weighted by Gasteiger charge is -2.13. The third-order valence-electron chi connectivity index (χ3n) is 3.36. The highest BCUT2D eigenvalue weighted by Crippen LogP contribution is 2.24. The van der Waals surface area contributed by atoms with Crippen LogP contribution in [-0.4, -0.2) is 24.3 Å². The maximum Gasteiger partial charge on any atom is 0.233 e. The minimum Gasteiger partial charge on any atom is -0.492 e. The van der Waals surface area contributed by atoms with Crippen molar-refractivity contribution >= 4 is 29.3 Å². The molecule has 0 aliphatic rings. The van der Waals surface area contributed by atoms with Crippen molar-refractivity contribution in [2.24, 2.45) is 0 Å². The predicted octanol–water partition coefficient (Wildman–Crippen LogP) is 4.63. The first-order valence-corrected chi connectivity index (χ1v) is 9.11. The van der Waals surface area contributed by atoms with Crippen LogP contribution < -0.4 is 10.1 Å². The predicted molar refractivity (Wildman–Crippen MR) is 101 cm³/mol. The minimum absolute atomic E-state index is 0.000951. The van der Waals surface area contributed by atoms with E-state index in [4.69, 9.17) is 16.3 Å². The maximum absolute atomic E-state index is 12.1. The molecule has 5 heteroatoms. The second-order valence-electron chi connectivity index (χ2n) is 5.68. The third-order valence-corrected chi connectivity index (χ3v) is 4.72. The Balaban J connectivity index is 1.73. The van der Waals surface area contributed by atoms with Gasteiger partial charge in [-0.05, 0) is 68.3 Å². The first-order valence-electron chi connectivity index (χ1n) is 7.85. The van der Waals surface area contributed by atoms with Crippen LogP contribution in [0.5, 0.6) is 5.75 Å². The lowest BCUT2D eigenvalue weighted by molar-refractivity contribution is -0.120. The molecular weight excluding hydrogens is 342 g/mol. The fourth-order valence-corrected chi connectivity index (χ4v) is 3.29. The van der Waals surface area contributed by atoms with Gasteiger partial charge in [0.05, 0.1) is 11.8 Å². The van der Waals surface area contributed by atoms with Crippen LogP contribution in [0.15, 0.2) is 47.4 Å². The molecular formula is C19H22ClNO2S. The number of hydrogen-bond donors (Lipinski definition) is 1. The molecule has 0 saturated heterocycles. The Morgan fingerprint density at radius 3 is 2.42 bits per heavy atom. The van der Waals surface area contributed by atoms with Crippen molar-refractivity contribution in [3.63, 3.8) is 0 Å². The summed E-state index contributed by atoms with van der Waals surface area (Å²) in [6, 6.07) is 13.6. The normalized spacial score (nSPS) is 11.8. The topological polar surface area (TPSA) is 38.3 Å². The van der Waals surface area contributed by atoms with Gasteiger partial charge in [-0.25, -0.2) is 0 Å². The van der Waals surface area contributed by atoms with Crippen molar-refractivity contribution in [1.29, 1.82) is 0 Å². The maximum atomic E-state index is 12.1. The second-order valence-corrected chi connectivity index (χ2v) is 7.53. The minimum atomic E-state index is -0.174. The number of aryl methyl sites for hydroxylation is 2. The average molecular weight is 364 g/mol. The Morgan fingerprint density at radius 2 is 1.79 bits per heavy atom. The SMILES string of the molecule is Cc1cc(C)cc(OCCNC(=O)C(C)Sc2ccc(Cl)cc2)c1. The van der Waals surface area contributed by atoms with E-state index in [-0.39, 0.29) is 11.2 Å². The summed E-state index contributed by atoms with van der Waals surface area (Å²) in [4.78, 5) is 13.1. The number of thioether (sulfide) groups is 1. The van der Waals surface area contributed by atoms with E-state index < -0.39 is 0 Å². The van der Waals surface area contributed by atoms with Gasteiger partial charge < -0.3 is 10.1 Å². The smallest absolute Gasteiger partial charge is 0.233 e. The number of halogens is 1. The fraction of sp³-hybridized carbons (Fsp3) is 0.316. The van der Waals surface area contributed by atoms with E-state index in [1.807, 2.05) is 57.2 Å². The van der Waals surface area contributed by atoms with Gasteiger partial charge in [0, 0.05) is 9.92 Å². The highest BCUT2D eigenvalue weighted by Gasteiger charge is 2.13. The first kappa shape index (κ1) is 18.7. The Kier molecular flexibility index (Phi) is 7.00. The number of ether oxygens (including phenoxy) is 1. The van der Waals surface area contributed by atoms with Gasteiger partial charge in [-0.15, -0.1) is 11.8 Å². The highest BCUT2D eigenvalue weighted by molar-refractivity contribution is 8.00. The summed E-state index contributed by atoms with van der Waals surface area (Å²) in [5.74, 6) is 0.837. The number of hydrogen-bond acceptors (Lipinski definition) is 3. The van der Waals surface area contributed by atoms with Crippen LogP contribution in [0.2, 0.25) is 5.02 Å². The van der Waals surface area contributed by atoms with Crippen LogP contribution in [0.1, 0.15) is 18.1 Å². The molecule has 1 unspecified atom stereocenters. The van der Waals surface area contributed by atoms with E-state index in [9.17, 15) is 4.79 Å². The van der Waals surface area contributed by atoms with Crippen molar-refractivity contribution in [3.8, 4) is 5.75 Å². The molecule has 0 fully saturated rings. The molecule has 0 heterocycles. The Labute approximate surface area is 152 Å². The summed E-state index contributed by atoms with van der Waals surface area (Å²) in [6.07, 6.45) is 0. The van der Waals surface area contributed by atoms with E-state index in [1.165, 1.54) is 22.9 Å². The molecule has 128 valence electrons. The first-order chi connectivity index (χ1) is 11.4. The van der Waals surface area contributed by atoms with Gasteiger partial charge in [0.25, 0.3) is 0 Å².